The maximum atomic E-state index is 11.7. The molecule has 0 spiro atoms. The zero-order chi connectivity index (χ0) is 11.8. The molecule has 1 aliphatic heterocycles. The van der Waals surface area contributed by atoms with E-state index in [2.05, 4.69) is 6.92 Å². The summed E-state index contributed by atoms with van der Waals surface area (Å²) < 4.78 is 5.36. The summed E-state index contributed by atoms with van der Waals surface area (Å²) in [4.78, 5) is 13.6. The van der Waals surface area contributed by atoms with Gasteiger partial charge in [-0.1, -0.05) is 19.8 Å². The Hall–Kier alpha value is -0.610. The van der Waals surface area contributed by atoms with E-state index < -0.39 is 0 Å². The number of carbonyl (C=O) groups excluding carboxylic acids is 1. The van der Waals surface area contributed by atoms with Gasteiger partial charge < -0.3 is 15.4 Å². The van der Waals surface area contributed by atoms with Crippen LogP contribution >= 0.6 is 0 Å². The van der Waals surface area contributed by atoms with Crippen molar-refractivity contribution in [2.24, 2.45) is 5.73 Å². The maximum absolute atomic E-state index is 11.7. The predicted molar refractivity (Wildman–Crippen MR) is 64.1 cm³/mol. The fourth-order valence-corrected chi connectivity index (χ4v) is 1.85. The molecule has 16 heavy (non-hydrogen) atoms. The molecule has 0 unspecified atom stereocenters. The van der Waals surface area contributed by atoms with E-state index in [0.29, 0.717) is 6.61 Å². The summed E-state index contributed by atoms with van der Waals surface area (Å²) >= 11 is 0. The third kappa shape index (κ3) is 4.94. The van der Waals surface area contributed by atoms with Gasteiger partial charge in [-0.25, -0.2) is 0 Å². The molecule has 94 valence electrons. The van der Waals surface area contributed by atoms with Gasteiger partial charge in [-0.05, 0) is 19.3 Å². The van der Waals surface area contributed by atoms with E-state index in [4.69, 9.17) is 10.5 Å². The Bertz CT molecular complexity index is 201. The number of likely N-dealkylation sites (tertiary alicyclic amines) is 1. The smallest absolute Gasteiger partial charge is 0.248 e. The minimum Gasteiger partial charge on any atom is -0.372 e. The molecular formula is C12H24N2O2. The molecule has 1 fully saturated rings. The van der Waals surface area contributed by atoms with Crippen LogP contribution in [0.5, 0.6) is 0 Å². The van der Waals surface area contributed by atoms with Crippen molar-refractivity contribution in [3.05, 3.63) is 0 Å². The maximum Gasteiger partial charge on any atom is 0.248 e. The van der Waals surface area contributed by atoms with Gasteiger partial charge in [0, 0.05) is 25.7 Å². The van der Waals surface area contributed by atoms with E-state index in [0.717, 1.165) is 32.4 Å². The van der Waals surface area contributed by atoms with Crippen LogP contribution in [0, 0.1) is 0 Å². The Balaban J connectivity index is 2.06. The Labute approximate surface area is 98.1 Å². The lowest BCUT2D eigenvalue weighted by Crippen LogP contribution is -2.44. The van der Waals surface area contributed by atoms with Gasteiger partial charge in [0.2, 0.25) is 5.91 Å². The predicted octanol–water partition coefficient (Wildman–Crippen LogP) is 1.14. The van der Waals surface area contributed by atoms with Gasteiger partial charge in [0.1, 0.15) is 6.61 Å². The second kappa shape index (κ2) is 7.63. The van der Waals surface area contributed by atoms with Crippen LogP contribution < -0.4 is 5.73 Å². The first-order chi connectivity index (χ1) is 7.74. The largest absolute Gasteiger partial charge is 0.372 e. The number of nitrogens with zero attached hydrogens (tertiary/aromatic N) is 1. The highest BCUT2D eigenvalue weighted by Gasteiger charge is 2.20. The van der Waals surface area contributed by atoms with E-state index in [9.17, 15) is 4.79 Å². The minimum absolute atomic E-state index is 0.114. The molecular weight excluding hydrogens is 204 g/mol. The lowest BCUT2D eigenvalue weighted by molar-refractivity contribution is -0.137. The van der Waals surface area contributed by atoms with Crippen molar-refractivity contribution in [3.63, 3.8) is 0 Å². The average molecular weight is 228 g/mol. The molecule has 4 heteroatoms. The Morgan fingerprint density at radius 1 is 1.38 bits per heavy atom. The van der Waals surface area contributed by atoms with Gasteiger partial charge in [-0.2, -0.15) is 0 Å². The highest BCUT2D eigenvalue weighted by atomic mass is 16.5. The molecule has 0 atom stereocenters. The minimum atomic E-state index is 0.114. The molecule has 1 aliphatic rings. The van der Waals surface area contributed by atoms with Crippen molar-refractivity contribution >= 4 is 5.91 Å². The van der Waals surface area contributed by atoms with Crippen molar-refractivity contribution in [2.75, 3.05) is 26.3 Å². The van der Waals surface area contributed by atoms with Gasteiger partial charge >= 0.3 is 0 Å². The summed E-state index contributed by atoms with van der Waals surface area (Å²) in [6.45, 7) is 4.67. The second-order valence-electron chi connectivity index (χ2n) is 4.48. The molecule has 1 saturated heterocycles. The molecule has 1 amide bonds. The number of ether oxygens (including phenoxy) is 1. The number of amides is 1. The van der Waals surface area contributed by atoms with E-state index in [1.165, 1.54) is 12.8 Å². The van der Waals surface area contributed by atoms with Crippen LogP contribution in [0.3, 0.4) is 0 Å². The van der Waals surface area contributed by atoms with Crippen molar-refractivity contribution in [1.82, 2.24) is 4.90 Å². The molecule has 0 aromatic heterocycles. The first-order valence-electron chi connectivity index (χ1n) is 6.35. The number of rotatable bonds is 6. The van der Waals surface area contributed by atoms with Crippen molar-refractivity contribution in [3.8, 4) is 0 Å². The number of hydrogen-bond acceptors (Lipinski definition) is 3. The zero-order valence-corrected chi connectivity index (χ0v) is 10.3. The van der Waals surface area contributed by atoms with Gasteiger partial charge in [-0.15, -0.1) is 0 Å². The fourth-order valence-electron chi connectivity index (χ4n) is 1.85. The Kier molecular flexibility index (Phi) is 6.42. The van der Waals surface area contributed by atoms with Crippen LogP contribution in [0.4, 0.5) is 0 Å². The monoisotopic (exact) mass is 228 g/mol. The first-order valence-corrected chi connectivity index (χ1v) is 6.35. The highest BCUT2D eigenvalue weighted by Crippen LogP contribution is 2.08. The van der Waals surface area contributed by atoms with Crippen LogP contribution in [0.1, 0.15) is 39.0 Å². The molecule has 0 bridgehead atoms. The Morgan fingerprint density at radius 2 is 2.06 bits per heavy atom. The highest BCUT2D eigenvalue weighted by molar-refractivity contribution is 5.77. The third-order valence-electron chi connectivity index (χ3n) is 3.01. The second-order valence-corrected chi connectivity index (χ2v) is 4.48. The van der Waals surface area contributed by atoms with Crippen LogP contribution in [0.15, 0.2) is 0 Å². The lowest BCUT2D eigenvalue weighted by Gasteiger charge is -2.30. The summed E-state index contributed by atoms with van der Waals surface area (Å²) in [5, 5.41) is 0. The summed E-state index contributed by atoms with van der Waals surface area (Å²) in [6, 6.07) is 0.273. The molecule has 0 saturated carbocycles. The molecule has 1 heterocycles. The number of carbonyl (C=O) groups is 1. The first kappa shape index (κ1) is 13.5. The van der Waals surface area contributed by atoms with Gasteiger partial charge in [0.25, 0.3) is 0 Å². The normalized spacial score (nSPS) is 17.8. The van der Waals surface area contributed by atoms with Crippen LogP contribution in [-0.2, 0) is 9.53 Å². The zero-order valence-electron chi connectivity index (χ0n) is 10.3. The van der Waals surface area contributed by atoms with Crippen molar-refractivity contribution in [1.29, 1.82) is 0 Å². The Morgan fingerprint density at radius 3 is 2.69 bits per heavy atom. The summed E-state index contributed by atoms with van der Waals surface area (Å²) in [6.07, 6.45) is 5.24. The van der Waals surface area contributed by atoms with E-state index >= 15 is 0 Å². The van der Waals surface area contributed by atoms with E-state index in [-0.39, 0.29) is 18.6 Å². The number of hydrogen-bond donors (Lipinski definition) is 1. The molecule has 0 aromatic rings. The molecule has 2 N–H and O–H groups in total. The molecule has 0 aromatic carbocycles. The topological polar surface area (TPSA) is 55.6 Å². The summed E-state index contributed by atoms with van der Waals surface area (Å²) in [7, 11) is 0. The van der Waals surface area contributed by atoms with Gasteiger partial charge in [0.05, 0.1) is 0 Å². The van der Waals surface area contributed by atoms with Crippen molar-refractivity contribution in [2.45, 2.75) is 45.1 Å². The molecule has 4 nitrogen and oxygen atoms in total. The number of unbranched alkanes of at least 4 members (excludes halogenated alkanes) is 2. The summed E-state index contributed by atoms with van der Waals surface area (Å²) in [5.74, 6) is 0.114. The average Bonchev–Trinajstić information content (AvgIpc) is 2.29. The SMILES string of the molecule is CCCCCOCC(=O)N1CCC(N)CC1. The molecule has 0 radical (unpaired) electrons. The van der Waals surface area contributed by atoms with Gasteiger partial charge in [0.15, 0.2) is 0 Å². The van der Waals surface area contributed by atoms with Crippen LogP contribution in [-0.4, -0.2) is 43.2 Å². The molecule has 0 aliphatic carbocycles. The standard InChI is InChI=1S/C12H24N2O2/c1-2-3-4-9-16-10-12(15)14-7-5-11(13)6-8-14/h11H,2-10,13H2,1H3. The lowest BCUT2D eigenvalue weighted by atomic mass is 10.1. The number of nitrogens with two attached hydrogens (primary N) is 1. The van der Waals surface area contributed by atoms with E-state index in [1.54, 1.807) is 0 Å². The fraction of sp³-hybridized carbons (Fsp3) is 0.917. The molecule has 1 rings (SSSR count). The summed E-state index contributed by atoms with van der Waals surface area (Å²) in [5.41, 5.74) is 5.78. The van der Waals surface area contributed by atoms with Crippen LogP contribution in [0.2, 0.25) is 0 Å². The quantitative estimate of drug-likeness (QED) is 0.694. The van der Waals surface area contributed by atoms with E-state index in [1.807, 2.05) is 4.90 Å². The van der Waals surface area contributed by atoms with Gasteiger partial charge in [-0.3, -0.25) is 4.79 Å². The van der Waals surface area contributed by atoms with Crippen LogP contribution in [0.25, 0.3) is 0 Å². The number of piperidine rings is 1. The van der Waals surface area contributed by atoms with Crippen molar-refractivity contribution < 1.29 is 9.53 Å². The third-order valence-corrected chi connectivity index (χ3v) is 3.01.